The van der Waals surface area contributed by atoms with E-state index in [0.717, 1.165) is 19.4 Å². The Hall–Kier alpha value is -0.830. The normalized spacial score (nSPS) is 14.7. The number of carbonyl (C=O) groups is 1. The van der Waals surface area contributed by atoms with Crippen molar-refractivity contribution in [2.24, 2.45) is 0 Å². The quantitative estimate of drug-likeness (QED) is 0.615. The number of rotatable bonds is 4. The van der Waals surface area contributed by atoms with Gasteiger partial charge in [-0.05, 0) is 50.2 Å². The zero-order chi connectivity index (χ0) is 10.7. The number of carbonyl (C=O) groups excluding carboxylic acids is 1. The zero-order valence-electron chi connectivity index (χ0n) is 9.14. The molecule has 0 aromatic carbocycles. The second-order valence-electron chi connectivity index (χ2n) is 4.07. The monoisotopic (exact) mass is 223 g/mol. The van der Waals surface area contributed by atoms with Gasteiger partial charge in [0.1, 0.15) is 0 Å². The highest BCUT2D eigenvalue weighted by molar-refractivity contribution is 7.12. The third-order valence-electron chi connectivity index (χ3n) is 3.09. The third-order valence-corrected chi connectivity index (χ3v) is 4.33. The van der Waals surface area contributed by atoms with Gasteiger partial charge in [0.2, 0.25) is 6.41 Å². The summed E-state index contributed by atoms with van der Waals surface area (Å²) in [6.45, 7) is 2.98. The van der Waals surface area contributed by atoms with E-state index in [1.807, 2.05) is 11.3 Å². The van der Waals surface area contributed by atoms with Crippen molar-refractivity contribution in [2.45, 2.75) is 39.0 Å². The molecular formula is C12H17NOS. The fraction of sp³-hybridized carbons (Fsp3) is 0.583. The zero-order valence-corrected chi connectivity index (χ0v) is 9.95. The van der Waals surface area contributed by atoms with Crippen LogP contribution in [0.3, 0.4) is 0 Å². The summed E-state index contributed by atoms with van der Waals surface area (Å²) in [6, 6.07) is 0. The first-order valence-electron chi connectivity index (χ1n) is 5.60. The second kappa shape index (κ2) is 4.79. The van der Waals surface area contributed by atoms with Crippen molar-refractivity contribution in [2.75, 3.05) is 6.54 Å². The number of thiophene rings is 1. The Balaban J connectivity index is 2.14. The molecule has 1 aromatic heterocycles. The molecule has 82 valence electrons. The van der Waals surface area contributed by atoms with Gasteiger partial charge in [-0.2, -0.15) is 0 Å². The molecule has 1 aromatic rings. The average molecular weight is 223 g/mol. The fourth-order valence-corrected chi connectivity index (χ4v) is 3.66. The predicted octanol–water partition coefficient (Wildman–Crippen LogP) is 2.22. The van der Waals surface area contributed by atoms with Gasteiger partial charge >= 0.3 is 0 Å². The second-order valence-corrected chi connectivity index (χ2v) is 5.38. The molecule has 2 nitrogen and oxygen atoms in total. The van der Waals surface area contributed by atoms with E-state index in [9.17, 15) is 4.79 Å². The molecule has 2 rings (SSSR count). The maximum atomic E-state index is 10.2. The first-order chi connectivity index (χ1) is 7.33. The number of aryl methyl sites for hydroxylation is 2. The van der Waals surface area contributed by atoms with Crippen molar-refractivity contribution >= 4 is 17.7 Å². The van der Waals surface area contributed by atoms with Crippen molar-refractivity contribution < 1.29 is 4.79 Å². The maximum absolute atomic E-state index is 10.2. The number of nitrogens with one attached hydrogen (secondary N) is 1. The summed E-state index contributed by atoms with van der Waals surface area (Å²) in [5, 5.41) is 2.74. The van der Waals surface area contributed by atoms with Gasteiger partial charge in [-0.1, -0.05) is 0 Å². The largest absolute Gasteiger partial charge is 0.358 e. The summed E-state index contributed by atoms with van der Waals surface area (Å²) in [7, 11) is 0. The van der Waals surface area contributed by atoms with Gasteiger partial charge in [0.25, 0.3) is 0 Å². The Morgan fingerprint density at radius 2 is 2.20 bits per heavy atom. The molecule has 0 atom stereocenters. The van der Waals surface area contributed by atoms with Crippen LogP contribution < -0.4 is 5.32 Å². The lowest BCUT2D eigenvalue weighted by Crippen LogP contribution is -2.15. The van der Waals surface area contributed by atoms with E-state index in [-0.39, 0.29) is 0 Å². The van der Waals surface area contributed by atoms with Gasteiger partial charge in [0.05, 0.1) is 0 Å². The summed E-state index contributed by atoms with van der Waals surface area (Å²) < 4.78 is 0. The predicted molar refractivity (Wildman–Crippen MR) is 63.5 cm³/mol. The fourth-order valence-electron chi connectivity index (χ4n) is 2.35. The van der Waals surface area contributed by atoms with E-state index >= 15 is 0 Å². The number of hydrogen-bond donors (Lipinski definition) is 1. The minimum Gasteiger partial charge on any atom is -0.358 e. The van der Waals surface area contributed by atoms with Gasteiger partial charge < -0.3 is 5.32 Å². The Bertz CT molecular complexity index is 357. The smallest absolute Gasteiger partial charge is 0.207 e. The molecule has 1 aliphatic rings. The Labute approximate surface area is 94.7 Å². The average Bonchev–Trinajstić information content (AvgIpc) is 2.56. The lowest BCUT2D eigenvalue weighted by atomic mass is 9.94. The standard InChI is InChI=1S/C12H17NOS/c1-9-10(6-7-13-8-14)11-4-2-3-5-12(11)15-9/h8H,2-7H2,1H3,(H,13,14). The van der Waals surface area contributed by atoms with E-state index in [0.29, 0.717) is 0 Å². The van der Waals surface area contributed by atoms with E-state index in [4.69, 9.17) is 0 Å². The molecule has 0 unspecified atom stereocenters. The minimum atomic E-state index is 0.771. The molecule has 1 heterocycles. The molecule has 0 saturated heterocycles. The van der Waals surface area contributed by atoms with Crippen LogP contribution >= 0.6 is 11.3 Å². The Morgan fingerprint density at radius 3 is 3.00 bits per heavy atom. The van der Waals surface area contributed by atoms with Crippen LogP contribution in [0.2, 0.25) is 0 Å². The van der Waals surface area contributed by atoms with E-state index in [2.05, 4.69) is 12.2 Å². The molecule has 1 amide bonds. The number of fused-ring (bicyclic) bond motifs is 1. The molecule has 1 aliphatic carbocycles. The lowest BCUT2D eigenvalue weighted by Gasteiger charge is -2.12. The number of hydrogen-bond acceptors (Lipinski definition) is 2. The summed E-state index contributed by atoms with van der Waals surface area (Å²) >= 11 is 1.96. The Morgan fingerprint density at radius 1 is 1.40 bits per heavy atom. The molecule has 1 N–H and O–H groups in total. The van der Waals surface area contributed by atoms with Gasteiger partial charge in [0, 0.05) is 16.3 Å². The van der Waals surface area contributed by atoms with Crippen molar-refractivity contribution in [3.63, 3.8) is 0 Å². The molecule has 15 heavy (non-hydrogen) atoms. The molecule has 0 spiro atoms. The summed E-state index contributed by atoms with van der Waals surface area (Å²) in [4.78, 5) is 13.2. The van der Waals surface area contributed by atoms with Crippen LogP contribution in [0.1, 0.15) is 33.7 Å². The molecule has 0 bridgehead atoms. The molecular weight excluding hydrogens is 206 g/mol. The maximum Gasteiger partial charge on any atom is 0.207 e. The lowest BCUT2D eigenvalue weighted by molar-refractivity contribution is -0.109. The summed E-state index contributed by atoms with van der Waals surface area (Å²) in [5.74, 6) is 0. The summed E-state index contributed by atoms with van der Waals surface area (Å²) in [5.41, 5.74) is 3.10. The van der Waals surface area contributed by atoms with Gasteiger partial charge in [-0.15, -0.1) is 11.3 Å². The highest BCUT2D eigenvalue weighted by Gasteiger charge is 2.17. The Kier molecular flexibility index (Phi) is 3.41. The molecule has 0 radical (unpaired) electrons. The third kappa shape index (κ3) is 2.23. The highest BCUT2D eigenvalue weighted by atomic mass is 32.1. The van der Waals surface area contributed by atoms with Crippen molar-refractivity contribution in [1.82, 2.24) is 5.32 Å². The van der Waals surface area contributed by atoms with E-state index in [1.165, 1.54) is 36.1 Å². The SMILES string of the molecule is Cc1sc2c(c1CCNC=O)CCCC2. The van der Waals surface area contributed by atoms with Crippen LogP contribution in [0.4, 0.5) is 0 Å². The van der Waals surface area contributed by atoms with Crippen LogP contribution in [0.25, 0.3) is 0 Å². The highest BCUT2D eigenvalue weighted by Crippen LogP contribution is 2.33. The van der Waals surface area contributed by atoms with Gasteiger partial charge in [-0.25, -0.2) is 0 Å². The van der Waals surface area contributed by atoms with Crippen LogP contribution in [-0.4, -0.2) is 13.0 Å². The van der Waals surface area contributed by atoms with Crippen LogP contribution in [0.15, 0.2) is 0 Å². The van der Waals surface area contributed by atoms with E-state index < -0.39 is 0 Å². The first kappa shape index (κ1) is 10.7. The van der Waals surface area contributed by atoms with Crippen molar-refractivity contribution in [3.8, 4) is 0 Å². The van der Waals surface area contributed by atoms with Crippen LogP contribution in [0.5, 0.6) is 0 Å². The van der Waals surface area contributed by atoms with Crippen molar-refractivity contribution in [1.29, 1.82) is 0 Å². The topological polar surface area (TPSA) is 29.1 Å². The number of amides is 1. The first-order valence-corrected chi connectivity index (χ1v) is 6.41. The van der Waals surface area contributed by atoms with E-state index in [1.54, 1.807) is 10.4 Å². The minimum absolute atomic E-state index is 0.771. The van der Waals surface area contributed by atoms with Crippen LogP contribution in [0, 0.1) is 6.92 Å². The van der Waals surface area contributed by atoms with Crippen LogP contribution in [-0.2, 0) is 24.1 Å². The van der Waals surface area contributed by atoms with Gasteiger partial charge in [-0.3, -0.25) is 4.79 Å². The summed E-state index contributed by atoms with van der Waals surface area (Å²) in [6.07, 6.45) is 6.97. The molecule has 0 saturated carbocycles. The van der Waals surface area contributed by atoms with Gasteiger partial charge in [0.15, 0.2) is 0 Å². The molecule has 3 heteroatoms. The molecule has 0 aliphatic heterocycles. The van der Waals surface area contributed by atoms with Crippen molar-refractivity contribution in [3.05, 3.63) is 20.9 Å². The molecule has 0 fully saturated rings.